The van der Waals surface area contributed by atoms with Gasteiger partial charge < -0.3 is 9.64 Å². The van der Waals surface area contributed by atoms with Gasteiger partial charge in [0.2, 0.25) is 0 Å². The highest BCUT2D eigenvalue weighted by Gasteiger charge is 2.32. The summed E-state index contributed by atoms with van der Waals surface area (Å²) in [5.41, 5.74) is 0.972. The first-order chi connectivity index (χ1) is 15.5. The van der Waals surface area contributed by atoms with Gasteiger partial charge in [0, 0.05) is 41.4 Å². The van der Waals surface area contributed by atoms with E-state index in [0.29, 0.717) is 23.1 Å². The van der Waals surface area contributed by atoms with Gasteiger partial charge in [-0.25, -0.2) is 0 Å². The molecule has 1 aliphatic rings. The first-order valence-corrected chi connectivity index (χ1v) is 11.1. The minimum atomic E-state index is -0.540. The van der Waals surface area contributed by atoms with E-state index in [2.05, 4.69) is 0 Å². The number of imide groups is 1. The summed E-state index contributed by atoms with van der Waals surface area (Å²) in [7, 11) is 1.65. The Morgan fingerprint density at radius 3 is 2.31 bits per heavy atom. The summed E-state index contributed by atoms with van der Waals surface area (Å²) in [6.45, 7) is 0.225. The molecule has 0 bridgehead atoms. The van der Waals surface area contributed by atoms with E-state index in [1.54, 1.807) is 42.6 Å². The van der Waals surface area contributed by atoms with E-state index in [9.17, 15) is 19.2 Å². The van der Waals surface area contributed by atoms with Crippen LogP contribution < -0.4 is 0 Å². The maximum Gasteiger partial charge on any atom is 0.306 e. The number of carbonyl (C=O) groups excluding carboxylic acids is 4. The fourth-order valence-corrected chi connectivity index (χ4v) is 4.47. The third-order valence-corrected chi connectivity index (χ3v) is 6.24. The monoisotopic (exact) mass is 450 g/mol. The van der Waals surface area contributed by atoms with Crippen LogP contribution in [0.15, 0.2) is 53.9 Å². The van der Waals surface area contributed by atoms with Gasteiger partial charge >= 0.3 is 5.97 Å². The third-order valence-electron chi connectivity index (χ3n) is 5.37. The van der Waals surface area contributed by atoms with Crippen molar-refractivity contribution in [1.29, 1.82) is 0 Å². The van der Waals surface area contributed by atoms with Crippen molar-refractivity contribution in [2.75, 3.05) is 20.2 Å². The van der Waals surface area contributed by atoms with Gasteiger partial charge in [-0.2, -0.15) is 0 Å². The van der Waals surface area contributed by atoms with E-state index in [0.717, 1.165) is 10.3 Å². The zero-order valence-electron chi connectivity index (χ0n) is 17.6. The molecule has 0 saturated carbocycles. The Morgan fingerprint density at radius 1 is 1.00 bits per heavy atom. The molecule has 0 unspecified atom stereocenters. The van der Waals surface area contributed by atoms with E-state index in [1.807, 2.05) is 29.6 Å². The van der Waals surface area contributed by atoms with Crippen LogP contribution in [0.4, 0.5) is 0 Å². The van der Waals surface area contributed by atoms with Crippen molar-refractivity contribution in [3.05, 3.63) is 69.9 Å². The minimum Gasteiger partial charge on any atom is -0.456 e. The van der Waals surface area contributed by atoms with Crippen LogP contribution in [0, 0.1) is 0 Å². The first-order valence-electron chi connectivity index (χ1n) is 10.3. The summed E-state index contributed by atoms with van der Waals surface area (Å²) in [6.07, 6.45) is 0.262. The maximum absolute atomic E-state index is 12.8. The molecule has 164 valence electrons. The fourth-order valence-electron chi connectivity index (χ4n) is 3.71. The molecule has 0 spiro atoms. The van der Waals surface area contributed by atoms with Crippen LogP contribution in [0.2, 0.25) is 0 Å². The largest absolute Gasteiger partial charge is 0.456 e. The normalized spacial score (nSPS) is 12.8. The summed E-state index contributed by atoms with van der Waals surface area (Å²) in [5, 5.41) is 3.45. The SMILES string of the molecule is CN(Cc1cccs1)C(=O)COC(=O)CCCN1C(=O)c2cccc3cccc(c23)C1=O. The van der Waals surface area contributed by atoms with Crippen LogP contribution in [0.1, 0.15) is 38.4 Å². The highest BCUT2D eigenvalue weighted by atomic mass is 32.1. The van der Waals surface area contributed by atoms with Crippen molar-refractivity contribution in [3.63, 3.8) is 0 Å². The Kier molecular flexibility index (Phi) is 6.32. The molecule has 2 aromatic carbocycles. The van der Waals surface area contributed by atoms with Crippen LogP contribution in [0.5, 0.6) is 0 Å². The third kappa shape index (κ3) is 4.40. The molecule has 2 heterocycles. The molecule has 3 amide bonds. The Bertz CT molecular complexity index is 1140. The number of carbonyl (C=O) groups is 4. The molecule has 0 N–H and O–H groups in total. The van der Waals surface area contributed by atoms with Gasteiger partial charge in [-0.1, -0.05) is 30.3 Å². The number of rotatable bonds is 8. The summed E-state index contributed by atoms with van der Waals surface area (Å²) in [6, 6.07) is 14.6. The Morgan fingerprint density at radius 2 is 1.69 bits per heavy atom. The first kappa shape index (κ1) is 21.7. The highest BCUT2D eigenvalue weighted by molar-refractivity contribution is 7.09. The van der Waals surface area contributed by atoms with Gasteiger partial charge in [-0.15, -0.1) is 11.3 Å². The zero-order chi connectivity index (χ0) is 22.7. The number of likely N-dealkylation sites (N-methyl/N-ethyl adjacent to an activating group) is 1. The van der Waals surface area contributed by atoms with Crippen LogP contribution in [-0.2, 0) is 20.9 Å². The lowest BCUT2D eigenvalue weighted by molar-refractivity contribution is -0.151. The lowest BCUT2D eigenvalue weighted by Crippen LogP contribution is -2.41. The zero-order valence-corrected chi connectivity index (χ0v) is 18.4. The number of benzene rings is 2. The molecule has 3 aromatic rings. The van der Waals surface area contributed by atoms with Gasteiger partial charge in [-0.3, -0.25) is 24.1 Å². The Labute approximate surface area is 189 Å². The molecule has 0 fully saturated rings. The number of hydrogen-bond acceptors (Lipinski definition) is 6. The number of ether oxygens (including phenoxy) is 1. The van der Waals surface area contributed by atoms with Crippen molar-refractivity contribution in [3.8, 4) is 0 Å². The molecule has 1 aliphatic heterocycles. The van der Waals surface area contributed by atoms with E-state index in [-0.39, 0.29) is 43.7 Å². The second-order valence-corrected chi connectivity index (χ2v) is 8.60. The van der Waals surface area contributed by atoms with Crippen LogP contribution in [0.3, 0.4) is 0 Å². The van der Waals surface area contributed by atoms with Crippen molar-refractivity contribution >= 4 is 45.8 Å². The topological polar surface area (TPSA) is 84.0 Å². The quantitative estimate of drug-likeness (QED) is 0.388. The van der Waals surface area contributed by atoms with E-state index in [1.165, 1.54) is 9.80 Å². The van der Waals surface area contributed by atoms with Crippen molar-refractivity contribution in [2.24, 2.45) is 0 Å². The van der Waals surface area contributed by atoms with E-state index in [4.69, 9.17) is 4.74 Å². The molecular weight excluding hydrogens is 428 g/mol. The summed E-state index contributed by atoms with van der Waals surface area (Å²) in [4.78, 5) is 53.6. The van der Waals surface area contributed by atoms with Gasteiger partial charge in [0.1, 0.15) is 0 Å². The Hall–Kier alpha value is -3.52. The average molecular weight is 451 g/mol. The molecule has 8 heteroatoms. The number of thiophene rings is 1. The van der Waals surface area contributed by atoms with Gasteiger partial charge in [0.15, 0.2) is 6.61 Å². The maximum atomic E-state index is 12.8. The average Bonchev–Trinajstić information content (AvgIpc) is 3.31. The van der Waals surface area contributed by atoms with Gasteiger partial charge in [0.25, 0.3) is 17.7 Å². The number of nitrogens with zero attached hydrogens (tertiary/aromatic N) is 2. The molecule has 0 saturated heterocycles. The lowest BCUT2D eigenvalue weighted by atomic mass is 9.94. The lowest BCUT2D eigenvalue weighted by Gasteiger charge is -2.27. The number of hydrogen-bond donors (Lipinski definition) is 0. The van der Waals surface area contributed by atoms with Crippen molar-refractivity contribution in [1.82, 2.24) is 9.80 Å². The molecular formula is C24H22N2O5S. The van der Waals surface area contributed by atoms with E-state index >= 15 is 0 Å². The standard InChI is InChI=1S/C24H22N2O5S/c1-25(14-17-8-5-13-32-17)20(27)15-31-21(28)11-4-12-26-23(29)18-9-2-6-16-7-3-10-19(22(16)18)24(26)30/h2-3,5-10,13H,4,11-12,14-15H2,1H3. The van der Waals surface area contributed by atoms with Crippen LogP contribution in [-0.4, -0.2) is 53.7 Å². The number of amides is 3. The van der Waals surface area contributed by atoms with Crippen molar-refractivity contribution in [2.45, 2.75) is 19.4 Å². The molecule has 32 heavy (non-hydrogen) atoms. The Balaban J connectivity index is 1.28. The highest BCUT2D eigenvalue weighted by Crippen LogP contribution is 2.30. The second kappa shape index (κ2) is 9.32. The van der Waals surface area contributed by atoms with Crippen molar-refractivity contribution < 1.29 is 23.9 Å². The van der Waals surface area contributed by atoms with Gasteiger partial charge in [-0.05, 0) is 35.4 Å². The van der Waals surface area contributed by atoms with E-state index < -0.39 is 5.97 Å². The summed E-state index contributed by atoms with van der Waals surface area (Å²) < 4.78 is 5.08. The summed E-state index contributed by atoms with van der Waals surface area (Å²) >= 11 is 1.55. The summed E-state index contributed by atoms with van der Waals surface area (Å²) in [5.74, 6) is -1.56. The molecule has 0 atom stereocenters. The molecule has 4 rings (SSSR count). The van der Waals surface area contributed by atoms with Gasteiger partial charge in [0.05, 0.1) is 6.54 Å². The molecule has 7 nitrogen and oxygen atoms in total. The molecule has 0 radical (unpaired) electrons. The predicted molar refractivity (Wildman–Crippen MR) is 120 cm³/mol. The number of esters is 1. The van der Waals surface area contributed by atoms with Crippen LogP contribution in [0.25, 0.3) is 10.8 Å². The minimum absolute atomic E-state index is 0.00479. The smallest absolute Gasteiger partial charge is 0.306 e. The van der Waals surface area contributed by atoms with Crippen LogP contribution >= 0.6 is 11.3 Å². The second-order valence-electron chi connectivity index (χ2n) is 7.56. The predicted octanol–water partition coefficient (Wildman–Crippen LogP) is 3.48. The molecule has 0 aliphatic carbocycles. The molecule has 1 aromatic heterocycles. The fraction of sp³-hybridized carbons (Fsp3) is 0.250.